The Bertz CT molecular complexity index is 290. The third-order valence-electron chi connectivity index (χ3n) is 3.83. The number of aliphatic imine (C=N–C) groups is 1. The highest BCUT2D eigenvalue weighted by Crippen LogP contribution is 2.13. The van der Waals surface area contributed by atoms with Crippen molar-refractivity contribution >= 4 is 5.96 Å². The normalized spacial score (nSPS) is 17.0. The molecule has 1 rings (SSSR count). The van der Waals surface area contributed by atoms with Crippen molar-refractivity contribution < 1.29 is 9.47 Å². The Hall–Kier alpha value is -0.810. The summed E-state index contributed by atoms with van der Waals surface area (Å²) in [5.41, 5.74) is 0. The molecule has 0 atom stereocenters. The lowest BCUT2D eigenvalue weighted by Crippen LogP contribution is -2.47. The number of nitrogens with one attached hydrogen (secondary N) is 1. The zero-order valence-electron chi connectivity index (χ0n) is 14.8. The van der Waals surface area contributed by atoms with Crippen LogP contribution >= 0.6 is 0 Å². The smallest absolute Gasteiger partial charge is 0.193 e. The molecule has 0 saturated carbocycles. The van der Waals surface area contributed by atoms with E-state index in [0.29, 0.717) is 6.10 Å². The van der Waals surface area contributed by atoms with Crippen molar-refractivity contribution in [2.75, 3.05) is 46.0 Å². The molecule has 0 aliphatic carbocycles. The summed E-state index contributed by atoms with van der Waals surface area (Å²) in [6.07, 6.45) is 5.96. The van der Waals surface area contributed by atoms with Crippen molar-refractivity contribution in [2.45, 2.75) is 59.0 Å². The quantitative estimate of drug-likeness (QED) is 0.383. The maximum Gasteiger partial charge on any atom is 0.193 e. The van der Waals surface area contributed by atoms with Crippen molar-refractivity contribution in [2.24, 2.45) is 4.99 Å². The molecular weight excluding hydrogens is 278 g/mol. The predicted octanol–water partition coefficient (Wildman–Crippen LogP) is 2.66. The van der Waals surface area contributed by atoms with Gasteiger partial charge in [0, 0.05) is 46.0 Å². The summed E-state index contributed by atoms with van der Waals surface area (Å²) in [6.45, 7) is 12.7. The standard InChI is InChI=1S/C17H35N3O2/c1-4-7-14-21-15-8-11-19-17(18-5-2)20-12-9-16(10-13-20)22-6-3/h16H,4-15H2,1-3H3,(H,18,19). The fraction of sp³-hybridized carbons (Fsp3) is 0.941. The summed E-state index contributed by atoms with van der Waals surface area (Å²) in [5.74, 6) is 1.05. The molecule has 1 N–H and O–H groups in total. The lowest BCUT2D eigenvalue weighted by molar-refractivity contribution is 0.0263. The van der Waals surface area contributed by atoms with Gasteiger partial charge in [0.2, 0.25) is 0 Å². The number of nitrogens with zero attached hydrogens (tertiary/aromatic N) is 2. The first-order valence-corrected chi connectivity index (χ1v) is 9.04. The topological polar surface area (TPSA) is 46.1 Å². The predicted molar refractivity (Wildman–Crippen MR) is 92.5 cm³/mol. The summed E-state index contributed by atoms with van der Waals surface area (Å²) in [6, 6.07) is 0. The zero-order valence-corrected chi connectivity index (χ0v) is 14.8. The molecule has 130 valence electrons. The van der Waals surface area contributed by atoms with Crippen molar-refractivity contribution in [3.05, 3.63) is 0 Å². The number of hydrogen-bond acceptors (Lipinski definition) is 3. The van der Waals surface area contributed by atoms with Gasteiger partial charge in [0.25, 0.3) is 0 Å². The van der Waals surface area contributed by atoms with E-state index in [1.807, 2.05) is 0 Å². The molecule has 22 heavy (non-hydrogen) atoms. The minimum Gasteiger partial charge on any atom is -0.381 e. The summed E-state index contributed by atoms with van der Waals surface area (Å²) in [4.78, 5) is 7.09. The van der Waals surface area contributed by atoms with Gasteiger partial charge in [-0.3, -0.25) is 4.99 Å². The van der Waals surface area contributed by atoms with Crippen molar-refractivity contribution in [3.63, 3.8) is 0 Å². The third kappa shape index (κ3) is 7.99. The van der Waals surface area contributed by atoms with Crippen LogP contribution < -0.4 is 5.32 Å². The van der Waals surface area contributed by atoms with E-state index in [1.54, 1.807) is 0 Å². The molecule has 1 aliphatic rings. The highest BCUT2D eigenvalue weighted by Gasteiger charge is 2.21. The molecule has 0 aromatic heterocycles. The van der Waals surface area contributed by atoms with E-state index >= 15 is 0 Å². The summed E-state index contributed by atoms with van der Waals surface area (Å²) >= 11 is 0. The molecule has 0 aromatic rings. The molecule has 0 radical (unpaired) electrons. The maximum atomic E-state index is 5.71. The highest BCUT2D eigenvalue weighted by atomic mass is 16.5. The molecule has 0 aromatic carbocycles. The summed E-state index contributed by atoms with van der Waals surface area (Å²) < 4.78 is 11.3. The number of hydrogen-bond donors (Lipinski definition) is 1. The first kappa shape index (κ1) is 19.2. The molecule has 5 nitrogen and oxygen atoms in total. The van der Waals surface area contributed by atoms with Crippen molar-refractivity contribution in [1.29, 1.82) is 0 Å². The average Bonchev–Trinajstić information content (AvgIpc) is 2.54. The minimum atomic E-state index is 0.427. The molecule has 1 heterocycles. The Morgan fingerprint density at radius 3 is 2.50 bits per heavy atom. The van der Waals surface area contributed by atoms with Crippen LogP contribution in [0.25, 0.3) is 0 Å². The van der Waals surface area contributed by atoms with Crippen LogP contribution in [0.1, 0.15) is 52.9 Å². The van der Waals surface area contributed by atoms with Crippen molar-refractivity contribution in [1.82, 2.24) is 10.2 Å². The van der Waals surface area contributed by atoms with Gasteiger partial charge in [-0.15, -0.1) is 0 Å². The number of likely N-dealkylation sites (tertiary alicyclic amines) is 1. The van der Waals surface area contributed by atoms with Gasteiger partial charge >= 0.3 is 0 Å². The van der Waals surface area contributed by atoms with E-state index in [0.717, 1.165) is 77.6 Å². The molecule has 0 bridgehead atoms. The first-order chi connectivity index (χ1) is 10.8. The fourth-order valence-electron chi connectivity index (χ4n) is 2.60. The molecule has 1 aliphatic heterocycles. The first-order valence-electron chi connectivity index (χ1n) is 9.04. The summed E-state index contributed by atoms with van der Waals surface area (Å²) in [7, 11) is 0. The highest BCUT2D eigenvalue weighted by molar-refractivity contribution is 5.80. The van der Waals surface area contributed by atoms with Gasteiger partial charge in [0.1, 0.15) is 0 Å². The van der Waals surface area contributed by atoms with E-state index in [2.05, 4.69) is 31.0 Å². The van der Waals surface area contributed by atoms with E-state index in [1.165, 1.54) is 6.42 Å². The Balaban J connectivity index is 2.27. The molecule has 0 amide bonds. The second-order valence-electron chi connectivity index (χ2n) is 5.70. The Kier molecular flexibility index (Phi) is 11.1. The van der Waals surface area contributed by atoms with Crippen LogP contribution in [0, 0.1) is 0 Å². The molecule has 1 saturated heterocycles. The SMILES string of the molecule is CCCCOCCCN=C(NCC)N1CCC(OCC)CC1. The second kappa shape index (κ2) is 12.7. The molecule has 5 heteroatoms. The number of piperidine rings is 1. The zero-order chi connectivity index (χ0) is 16.0. The third-order valence-corrected chi connectivity index (χ3v) is 3.83. The van der Waals surface area contributed by atoms with Crippen LogP contribution in [0.2, 0.25) is 0 Å². The molecule has 0 unspecified atom stereocenters. The molecular formula is C17H35N3O2. The Morgan fingerprint density at radius 1 is 1.14 bits per heavy atom. The van der Waals surface area contributed by atoms with Gasteiger partial charge in [-0.25, -0.2) is 0 Å². The van der Waals surface area contributed by atoms with Gasteiger partial charge in [0.15, 0.2) is 5.96 Å². The molecule has 1 fully saturated rings. The maximum absolute atomic E-state index is 5.71. The van der Waals surface area contributed by atoms with E-state index < -0.39 is 0 Å². The number of unbranched alkanes of at least 4 members (excludes halogenated alkanes) is 1. The number of ether oxygens (including phenoxy) is 2. The van der Waals surface area contributed by atoms with E-state index in [9.17, 15) is 0 Å². The van der Waals surface area contributed by atoms with Crippen LogP contribution in [-0.2, 0) is 9.47 Å². The Labute approximate surface area is 136 Å². The van der Waals surface area contributed by atoms with Gasteiger partial charge in [-0.05, 0) is 39.5 Å². The van der Waals surface area contributed by atoms with Crippen LogP contribution in [0.15, 0.2) is 4.99 Å². The lowest BCUT2D eigenvalue weighted by atomic mass is 10.1. The van der Waals surface area contributed by atoms with Crippen molar-refractivity contribution in [3.8, 4) is 0 Å². The van der Waals surface area contributed by atoms with Gasteiger partial charge in [-0.2, -0.15) is 0 Å². The lowest BCUT2D eigenvalue weighted by Gasteiger charge is -2.34. The number of guanidine groups is 1. The van der Waals surface area contributed by atoms with Gasteiger partial charge < -0.3 is 19.7 Å². The fourth-order valence-corrected chi connectivity index (χ4v) is 2.60. The van der Waals surface area contributed by atoms with Crippen LogP contribution in [-0.4, -0.2) is 63.0 Å². The second-order valence-corrected chi connectivity index (χ2v) is 5.70. The van der Waals surface area contributed by atoms with Gasteiger partial charge in [0.05, 0.1) is 6.10 Å². The van der Waals surface area contributed by atoms with Crippen LogP contribution in [0.5, 0.6) is 0 Å². The summed E-state index contributed by atoms with van der Waals surface area (Å²) in [5, 5.41) is 3.40. The largest absolute Gasteiger partial charge is 0.381 e. The van der Waals surface area contributed by atoms with Gasteiger partial charge in [-0.1, -0.05) is 13.3 Å². The van der Waals surface area contributed by atoms with Crippen LogP contribution in [0.4, 0.5) is 0 Å². The molecule has 0 spiro atoms. The van der Waals surface area contributed by atoms with Crippen LogP contribution in [0.3, 0.4) is 0 Å². The minimum absolute atomic E-state index is 0.427. The van der Waals surface area contributed by atoms with E-state index in [4.69, 9.17) is 14.5 Å². The Morgan fingerprint density at radius 2 is 1.86 bits per heavy atom. The van der Waals surface area contributed by atoms with E-state index in [-0.39, 0.29) is 0 Å². The number of rotatable bonds is 10. The monoisotopic (exact) mass is 313 g/mol. The average molecular weight is 313 g/mol.